The first-order valence-electron chi connectivity index (χ1n) is 8.38. The van der Waals surface area contributed by atoms with Gasteiger partial charge in [-0.2, -0.15) is 5.10 Å². The normalized spacial score (nSPS) is 12.6. The number of benzene rings is 2. The van der Waals surface area contributed by atoms with E-state index in [-0.39, 0.29) is 16.5 Å². The third kappa shape index (κ3) is 4.10. The molecule has 0 aliphatic rings. The van der Waals surface area contributed by atoms with E-state index in [1.807, 2.05) is 0 Å². The molecule has 0 aliphatic carbocycles. The molecule has 0 radical (unpaired) electrons. The lowest BCUT2D eigenvalue weighted by molar-refractivity contribution is 0.0736. The molecule has 3 aromatic rings. The smallest absolute Gasteiger partial charge is 0.274 e. The molecule has 0 spiro atoms. The van der Waals surface area contributed by atoms with Crippen LogP contribution in [-0.2, 0) is 10.0 Å². The maximum Gasteiger partial charge on any atom is 0.274 e. The Bertz CT molecular complexity index is 1130. The summed E-state index contributed by atoms with van der Waals surface area (Å²) in [4.78, 5) is 14.2. The number of halogens is 1. The van der Waals surface area contributed by atoms with Crippen LogP contribution in [0.3, 0.4) is 0 Å². The molecule has 1 unspecified atom stereocenters. The largest absolute Gasteiger partial charge is 0.334 e. The summed E-state index contributed by atoms with van der Waals surface area (Å²) >= 11 is 0. The predicted octanol–water partition coefficient (Wildman–Crippen LogP) is 2.49. The van der Waals surface area contributed by atoms with Gasteiger partial charge in [-0.1, -0.05) is 18.2 Å². The van der Waals surface area contributed by atoms with E-state index >= 15 is 0 Å². The standard InChI is InChI=1S/C19H19FN4O3S/c1-13(14-5-3-8-17(11-14)28(21,26)27)23(2)19(25)18-9-10-24(22-18)16-7-4-6-15(20)12-16/h3-13H,1-2H3,(H2,21,26,27). The fraction of sp³-hybridized carbons (Fsp3) is 0.158. The summed E-state index contributed by atoms with van der Waals surface area (Å²) < 4.78 is 37.9. The van der Waals surface area contributed by atoms with E-state index in [0.29, 0.717) is 11.3 Å². The van der Waals surface area contributed by atoms with Crippen molar-refractivity contribution in [3.05, 3.63) is 77.9 Å². The zero-order chi connectivity index (χ0) is 20.5. The fourth-order valence-electron chi connectivity index (χ4n) is 2.73. The molecule has 2 N–H and O–H groups in total. The van der Waals surface area contributed by atoms with E-state index in [0.717, 1.165) is 0 Å². The van der Waals surface area contributed by atoms with Gasteiger partial charge >= 0.3 is 0 Å². The minimum atomic E-state index is -3.84. The Morgan fingerprint density at radius 1 is 1.18 bits per heavy atom. The SMILES string of the molecule is CC(c1cccc(S(N)(=O)=O)c1)N(C)C(=O)c1ccn(-c2cccc(F)c2)n1. The number of hydrogen-bond donors (Lipinski definition) is 1. The number of carbonyl (C=O) groups excluding carboxylic acids is 1. The monoisotopic (exact) mass is 402 g/mol. The zero-order valence-electron chi connectivity index (χ0n) is 15.3. The highest BCUT2D eigenvalue weighted by molar-refractivity contribution is 7.89. The second-order valence-corrected chi connectivity index (χ2v) is 7.90. The lowest BCUT2D eigenvalue weighted by atomic mass is 10.1. The predicted molar refractivity (Wildman–Crippen MR) is 102 cm³/mol. The van der Waals surface area contributed by atoms with Gasteiger partial charge in [0.25, 0.3) is 5.91 Å². The Labute approximate surface area is 162 Å². The van der Waals surface area contributed by atoms with E-state index in [4.69, 9.17) is 5.14 Å². The van der Waals surface area contributed by atoms with Crippen LogP contribution in [0.5, 0.6) is 0 Å². The molecule has 0 fully saturated rings. The van der Waals surface area contributed by atoms with Gasteiger partial charge in [0.2, 0.25) is 10.0 Å². The molecule has 0 aliphatic heterocycles. The zero-order valence-corrected chi connectivity index (χ0v) is 16.1. The molecular weight excluding hydrogens is 383 g/mol. The van der Waals surface area contributed by atoms with Crippen molar-refractivity contribution in [2.45, 2.75) is 17.9 Å². The van der Waals surface area contributed by atoms with E-state index in [9.17, 15) is 17.6 Å². The second-order valence-electron chi connectivity index (χ2n) is 6.33. The van der Waals surface area contributed by atoms with E-state index in [1.165, 1.54) is 39.9 Å². The van der Waals surface area contributed by atoms with Crippen molar-refractivity contribution in [3.8, 4) is 5.69 Å². The number of hydrogen-bond acceptors (Lipinski definition) is 4. The third-order valence-corrected chi connectivity index (χ3v) is 5.36. The molecule has 0 saturated carbocycles. The minimum absolute atomic E-state index is 0.0203. The Balaban J connectivity index is 1.83. The Hall–Kier alpha value is -3.04. The highest BCUT2D eigenvalue weighted by Gasteiger charge is 2.22. The van der Waals surface area contributed by atoms with E-state index < -0.39 is 21.9 Å². The van der Waals surface area contributed by atoms with Crippen molar-refractivity contribution in [1.82, 2.24) is 14.7 Å². The summed E-state index contributed by atoms with van der Waals surface area (Å²) in [5.74, 6) is -0.759. The summed E-state index contributed by atoms with van der Waals surface area (Å²) in [6.45, 7) is 1.77. The van der Waals surface area contributed by atoms with Crippen molar-refractivity contribution in [1.29, 1.82) is 0 Å². The van der Waals surface area contributed by atoms with Gasteiger partial charge in [-0.05, 0) is 48.9 Å². The quantitative estimate of drug-likeness (QED) is 0.709. The topological polar surface area (TPSA) is 98.3 Å². The van der Waals surface area contributed by atoms with Crippen LogP contribution in [0.1, 0.15) is 29.0 Å². The number of nitrogens with two attached hydrogens (primary N) is 1. The van der Waals surface area contributed by atoms with Gasteiger partial charge in [0.15, 0.2) is 5.69 Å². The molecule has 3 rings (SSSR count). The highest BCUT2D eigenvalue weighted by Crippen LogP contribution is 2.23. The van der Waals surface area contributed by atoms with Crippen LogP contribution in [-0.4, -0.2) is 36.1 Å². The summed E-state index contributed by atoms with van der Waals surface area (Å²) in [6, 6.07) is 13.1. The van der Waals surface area contributed by atoms with Crippen LogP contribution in [0.25, 0.3) is 5.69 Å². The highest BCUT2D eigenvalue weighted by atomic mass is 32.2. The maximum atomic E-state index is 13.4. The molecule has 1 amide bonds. The molecule has 1 aromatic heterocycles. The van der Waals surface area contributed by atoms with Crippen LogP contribution < -0.4 is 5.14 Å². The van der Waals surface area contributed by atoms with Crippen molar-refractivity contribution in [2.75, 3.05) is 7.05 Å². The van der Waals surface area contributed by atoms with Crippen LogP contribution >= 0.6 is 0 Å². The van der Waals surface area contributed by atoms with Gasteiger partial charge in [0.1, 0.15) is 5.82 Å². The molecule has 2 aromatic carbocycles. The lowest BCUT2D eigenvalue weighted by Gasteiger charge is -2.25. The van der Waals surface area contributed by atoms with E-state index in [2.05, 4.69) is 5.10 Å². The van der Waals surface area contributed by atoms with Crippen molar-refractivity contribution in [2.24, 2.45) is 5.14 Å². The number of aromatic nitrogens is 2. The van der Waals surface area contributed by atoms with Gasteiger partial charge < -0.3 is 4.90 Å². The van der Waals surface area contributed by atoms with E-state index in [1.54, 1.807) is 44.4 Å². The Morgan fingerprint density at radius 3 is 2.57 bits per heavy atom. The lowest BCUT2D eigenvalue weighted by Crippen LogP contribution is -2.30. The summed E-state index contributed by atoms with van der Waals surface area (Å²) in [7, 11) is -2.24. The number of rotatable bonds is 5. The molecule has 1 heterocycles. The van der Waals surface area contributed by atoms with Gasteiger partial charge in [-0.3, -0.25) is 4.79 Å². The number of sulfonamides is 1. The van der Waals surface area contributed by atoms with Crippen LogP contribution in [0, 0.1) is 5.82 Å². The van der Waals surface area contributed by atoms with Gasteiger partial charge in [0.05, 0.1) is 16.6 Å². The van der Waals surface area contributed by atoms with Gasteiger partial charge in [0, 0.05) is 13.2 Å². The molecule has 146 valence electrons. The molecule has 9 heteroatoms. The summed E-state index contributed by atoms with van der Waals surface area (Å²) in [5, 5.41) is 9.39. The second kappa shape index (κ2) is 7.53. The average molecular weight is 402 g/mol. The van der Waals surface area contributed by atoms with Gasteiger partial charge in [-0.25, -0.2) is 22.6 Å². The minimum Gasteiger partial charge on any atom is -0.334 e. The van der Waals surface area contributed by atoms with Gasteiger partial charge in [-0.15, -0.1) is 0 Å². The molecule has 28 heavy (non-hydrogen) atoms. The van der Waals surface area contributed by atoms with Crippen molar-refractivity contribution < 1.29 is 17.6 Å². The van der Waals surface area contributed by atoms with Crippen LogP contribution in [0.2, 0.25) is 0 Å². The number of carbonyl (C=O) groups is 1. The molecule has 0 bridgehead atoms. The molecule has 1 atom stereocenters. The number of amides is 1. The fourth-order valence-corrected chi connectivity index (χ4v) is 3.30. The molecular formula is C19H19FN4O3S. The first-order valence-corrected chi connectivity index (χ1v) is 9.93. The number of primary sulfonamides is 1. The maximum absolute atomic E-state index is 13.4. The van der Waals surface area contributed by atoms with Crippen molar-refractivity contribution in [3.63, 3.8) is 0 Å². The first kappa shape index (κ1) is 19.7. The van der Waals surface area contributed by atoms with Crippen molar-refractivity contribution >= 4 is 15.9 Å². The summed E-state index contributed by atoms with van der Waals surface area (Å²) in [5.41, 5.74) is 1.30. The molecule has 0 saturated heterocycles. The first-order chi connectivity index (χ1) is 13.2. The summed E-state index contributed by atoms with van der Waals surface area (Å²) in [6.07, 6.45) is 1.57. The Kier molecular flexibility index (Phi) is 5.30. The van der Waals surface area contributed by atoms with Crippen LogP contribution in [0.15, 0.2) is 65.7 Å². The third-order valence-electron chi connectivity index (χ3n) is 4.45. The van der Waals surface area contributed by atoms with Crippen LogP contribution in [0.4, 0.5) is 4.39 Å². The average Bonchev–Trinajstić information content (AvgIpc) is 3.16. The Morgan fingerprint density at radius 2 is 1.89 bits per heavy atom. The molecule has 7 nitrogen and oxygen atoms in total. The number of nitrogens with zero attached hydrogens (tertiary/aromatic N) is 3.